The predicted molar refractivity (Wildman–Crippen MR) is 84.1 cm³/mol. The molecule has 0 radical (unpaired) electrons. The Kier molecular flexibility index (Phi) is 3.79. The summed E-state index contributed by atoms with van der Waals surface area (Å²) in [5.74, 6) is -1.81. The van der Waals surface area contributed by atoms with Gasteiger partial charge in [-0.05, 0) is 17.5 Å². The Morgan fingerprint density at radius 1 is 1.22 bits per heavy atom. The molecule has 1 aromatic carbocycles. The number of aromatic nitrogens is 2. The third kappa shape index (κ3) is 2.77. The van der Waals surface area contributed by atoms with Gasteiger partial charge in [-0.25, -0.2) is 4.98 Å². The molecule has 0 aliphatic carbocycles. The van der Waals surface area contributed by atoms with Gasteiger partial charge in [0.15, 0.2) is 16.6 Å². The number of ether oxygens (including phenoxy) is 2. The molecule has 0 spiro atoms. The third-order valence-corrected chi connectivity index (χ3v) is 5.23. The lowest BCUT2D eigenvalue weighted by molar-refractivity contribution is -0.391. The minimum absolute atomic E-state index is 0.0990. The van der Waals surface area contributed by atoms with E-state index < -0.39 is 35.0 Å². The number of benzene rings is 1. The number of alkyl halides is 4. The Hall–Kier alpha value is -2.85. The van der Waals surface area contributed by atoms with Crippen LogP contribution in [0.3, 0.4) is 0 Å². The molecule has 3 heterocycles. The number of fused-ring (bicyclic) bond motifs is 2. The van der Waals surface area contributed by atoms with Crippen molar-refractivity contribution in [1.29, 1.82) is 5.26 Å². The molecule has 0 amide bonds. The Morgan fingerprint density at radius 2 is 1.89 bits per heavy atom. The second kappa shape index (κ2) is 5.83. The molecule has 0 fully saturated rings. The summed E-state index contributed by atoms with van der Waals surface area (Å²) >= 11 is -1.16. The van der Waals surface area contributed by atoms with Crippen LogP contribution in [0, 0.1) is 11.3 Å². The molecule has 1 aliphatic rings. The van der Waals surface area contributed by atoms with Gasteiger partial charge < -0.3 is 13.7 Å². The van der Waals surface area contributed by atoms with Crippen LogP contribution < -0.4 is 13.7 Å². The lowest BCUT2D eigenvalue weighted by Crippen LogP contribution is -2.52. The van der Waals surface area contributed by atoms with E-state index in [4.69, 9.17) is 4.18 Å². The van der Waals surface area contributed by atoms with Crippen molar-refractivity contribution in [1.82, 2.24) is 8.96 Å². The van der Waals surface area contributed by atoms with E-state index in [0.29, 0.717) is 0 Å². The quantitative estimate of drug-likeness (QED) is 0.605. The van der Waals surface area contributed by atoms with Gasteiger partial charge >= 0.3 is 23.5 Å². The molecule has 140 valence electrons. The summed E-state index contributed by atoms with van der Waals surface area (Å²) in [6.45, 7) is 0. The van der Waals surface area contributed by atoms with Crippen LogP contribution in [0.15, 0.2) is 29.6 Å². The van der Waals surface area contributed by atoms with E-state index in [9.17, 15) is 27.0 Å². The van der Waals surface area contributed by atoms with Gasteiger partial charge in [0, 0.05) is 12.1 Å². The fourth-order valence-electron chi connectivity index (χ4n) is 2.26. The Balaban J connectivity index is 1.84. The summed E-state index contributed by atoms with van der Waals surface area (Å²) < 4.78 is 80.0. The van der Waals surface area contributed by atoms with Crippen LogP contribution in [-0.2, 0) is 11.3 Å². The van der Waals surface area contributed by atoms with Crippen LogP contribution in [0.5, 0.6) is 16.6 Å². The summed E-state index contributed by atoms with van der Waals surface area (Å²) in [6, 6.07) is 6.59. The zero-order chi connectivity index (χ0) is 19.4. The summed E-state index contributed by atoms with van der Waals surface area (Å²) in [6.07, 6.45) is -9.80. The smallest absolute Gasteiger partial charge is 0.421 e. The normalized spacial score (nSPS) is 18.0. The van der Waals surface area contributed by atoms with E-state index in [0.717, 1.165) is 27.4 Å². The maximum Gasteiger partial charge on any atom is 0.507 e. The lowest BCUT2D eigenvalue weighted by Gasteiger charge is -2.31. The molecule has 1 atom stereocenters. The van der Waals surface area contributed by atoms with Gasteiger partial charge in [0.2, 0.25) is 5.82 Å². The van der Waals surface area contributed by atoms with Gasteiger partial charge in [-0.15, -0.1) is 11.3 Å². The molecule has 13 heteroatoms. The second-order valence-corrected chi connectivity index (χ2v) is 6.98. The van der Waals surface area contributed by atoms with Crippen LogP contribution >= 0.6 is 11.3 Å². The molecule has 0 N–H and O–H groups in total. The molecule has 0 saturated heterocycles. The Bertz CT molecular complexity index is 1110. The van der Waals surface area contributed by atoms with Crippen molar-refractivity contribution in [2.24, 2.45) is 0 Å². The van der Waals surface area contributed by atoms with E-state index in [-0.39, 0.29) is 21.9 Å². The average Bonchev–Trinajstić information content (AvgIpc) is 3.20. The fraction of sp³-hybridized carbons (Fsp3) is 0.143. The van der Waals surface area contributed by atoms with Crippen molar-refractivity contribution >= 4 is 33.6 Å². The number of nitriles is 1. The molecule has 2 aromatic heterocycles. The maximum atomic E-state index is 13.4. The summed E-state index contributed by atoms with van der Waals surface area (Å²) in [5.41, 5.74) is -0.206. The SMILES string of the molecule is N#Cc1nc2cc3c(cc2n1S(=O)Oc1cccs1)OC(F)(F)C(F)(F)O3. The van der Waals surface area contributed by atoms with Crippen LogP contribution in [0.4, 0.5) is 17.6 Å². The number of hydrogen-bond donors (Lipinski definition) is 0. The van der Waals surface area contributed by atoms with Crippen molar-refractivity contribution in [3.63, 3.8) is 0 Å². The second-order valence-electron chi connectivity index (χ2n) is 5.10. The number of nitrogens with zero attached hydrogens (tertiary/aromatic N) is 3. The number of hydrogen-bond acceptors (Lipinski definition) is 7. The molecule has 1 unspecified atom stereocenters. The van der Waals surface area contributed by atoms with Gasteiger partial charge in [-0.3, -0.25) is 0 Å². The molecule has 3 aromatic rings. The molecule has 4 rings (SSSR count). The van der Waals surface area contributed by atoms with Crippen molar-refractivity contribution in [3.05, 3.63) is 35.5 Å². The monoisotopic (exact) mass is 419 g/mol. The van der Waals surface area contributed by atoms with E-state index in [1.807, 2.05) is 0 Å². The van der Waals surface area contributed by atoms with E-state index in [1.54, 1.807) is 17.5 Å². The largest absolute Gasteiger partial charge is 0.507 e. The van der Waals surface area contributed by atoms with E-state index >= 15 is 0 Å². The highest BCUT2D eigenvalue weighted by molar-refractivity contribution is 7.79. The zero-order valence-corrected chi connectivity index (χ0v) is 14.3. The van der Waals surface area contributed by atoms with Crippen LogP contribution in [-0.4, -0.2) is 25.4 Å². The van der Waals surface area contributed by atoms with Gasteiger partial charge in [0.25, 0.3) is 0 Å². The van der Waals surface area contributed by atoms with E-state index in [2.05, 4.69) is 14.5 Å². The minimum Gasteiger partial charge on any atom is -0.421 e. The highest BCUT2D eigenvalue weighted by atomic mass is 32.2. The first-order valence-electron chi connectivity index (χ1n) is 6.96. The first-order valence-corrected chi connectivity index (χ1v) is 8.87. The van der Waals surface area contributed by atoms with Crippen LogP contribution in [0.1, 0.15) is 5.82 Å². The zero-order valence-electron chi connectivity index (χ0n) is 12.7. The molecule has 1 aliphatic heterocycles. The van der Waals surface area contributed by atoms with Crippen molar-refractivity contribution < 1.29 is 35.4 Å². The number of rotatable bonds is 3. The van der Waals surface area contributed by atoms with Crippen molar-refractivity contribution in [3.8, 4) is 22.6 Å². The maximum absolute atomic E-state index is 13.4. The van der Waals surface area contributed by atoms with Gasteiger partial charge in [0.1, 0.15) is 6.07 Å². The standard InChI is InChI=1S/C14H5F4N3O4S2/c15-13(16)14(17,18)24-10-5-8-7(4-9(10)23-13)20-11(6-19)21(8)27(22)25-12-2-1-3-26-12/h1-5H. The van der Waals surface area contributed by atoms with Crippen LogP contribution in [0.25, 0.3) is 11.0 Å². The first-order chi connectivity index (χ1) is 12.7. The summed E-state index contributed by atoms with van der Waals surface area (Å²) in [4.78, 5) is 3.84. The van der Waals surface area contributed by atoms with Crippen molar-refractivity contribution in [2.75, 3.05) is 0 Å². The number of thiophene rings is 1. The highest BCUT2D eigenvalue weighted by Crippen LogP contribution is 2.48. The van der Waals surface area contributed by atoms with Crippen LogP contribution in [0.2, 0.25) is 0 Å². The van der Waals surface area contributed by atoms with Crippen molar-refractivity contribution in [2.45, 2.75) is 12.2 Å². The lowest BCUT2D eigenvalue weighted by atomic mass is 10.2. The minimum atomic E-state index is -4.91. The van der Waals surface area contributed by atoms with E-state index in [1.165, 1.54) is 6.07 Å². The molecule has 0 bridgehead atoms. The summed E-state index contributed by atoms with van der Waals surface area (Å²) in [7, 11) is 0. The molecular formula is C14H5F4N3O4S2. The highest BCUT2D eigenvalue weighted by Gasteiger charge is 2.66. The van der Waals surface area contributed by atoms with Gasteiger partial charge in [0.05, 0.1) is 11.0 Å². The molecular weight excluding hydrogens is 414 g/mol. The third-order valence-electron chi connectivity index (χ3n) is 3.39. The average molecular weight is 419 g/mol. The first kappa shape index (κ1) is 17.6. The summed E-state index contributed by atoms with van der Waals surface area (Å²) in [5, 5.41) is 11.1. The topological polar surface area (TPSA) is 86.4 Å². The predicted octanol–water partition coefficient (Wildman–Crippen LogP) is 3.43. The Labute approximate surface area is 154 Å². The molecule has 0 saturated carbocycles. The molecule has 27 heavy (non-hydrogen) atoms. The van der Waals surface area contributed by atoms with Gasteiger partial charge in [-0.2, -0.15) is 31.0 Å². The number of halogens is 4. The van der Waals surface area contributed by atoms with Gasteiger partial charge in [-0.1, -0.05) is 0 Å². The number of imidazole rings is 1. The Morgan fingerprint density at radius 3 is 2.48 bits per heavy atom. The molecule has 7 nitrogen and oxygen atoms in total. The fourth-order valence-corrected chi connectivity index (χ4v) is 3.84.